The first-order valence-corrected chi connectivity index (χ1v) is 6.34. The lowest BCUT2D eigenvalue weighted by Crippen LogP contribution is -2.54. The molecule has 0 aliphatic carbocycles. The maximum Gasteiger partial charge on any atom is 0.244 e. The van der Waals surface area contributed by atoms with E-state index in [4.69, 9.17) is 4.74 Å². The van der Waals surface area contributed by atoms with E-state index in [0.717, 1.165) is 5.56 Å². The fourth-order valence-electron chi connectivity index (χ4n) is 2.22. The number of carbonyl (C=O) groups excluding carboxylic acids is 1. The zero-order chi connectivity index (χ0) is 13.8. The minimum Gasteiger partial charge on any atom is -0.389 e. The Labute approximate surface area is 112 Å². The first-order chi connectivity index (χ1) is 9.15. The van der Waals surface area contributed by atoms with Gasteiger partial charge in [0, 0.05) is 25.4 Å². The van der Waals surface area contributed by atoms with E-state index in [2.05, 4.69) is 10.3 Å². The van der Waals surface area contributed by atoms with Gasteiger partial charge in [-0.1, -0.05) is 6.07 Å². The van der Waals surface area contributed by atoms with Gasteiger partial charge < -0.3 is 20.1 Å². The van der Waals surface area contributed by atoms with Crippen LogP contribution in [-0.2, 0) is 9.53 Å². The Bertz CT molecular complexity index is 451. The third kappa shape index (κ3) is 2.85. The third-order valence-electron chi connectivity index (χ3n) is 3.22. The van der Waals surface area contributed by atoms with Crippen molar-refractivity contribution in [2.24, 2.45) is 0 Å². The molecule has 19 heavy (non-hydrogen) atoms. The van der Waals surface area contributed by atoms with Crippen LogP contribution in [0.3, 0.4) is 0 Å². The summed E-state index contributed by atoms with van der Waals surface area (Å²) in [5, 5.41) is 12.5. The molecule has 1 aromatic rings. The van der Waals surface area contributed by atoms with Crippen molar-refractivity contribution in [1.29, 1.82) is 0 Å². The molecule has 6 nitrogen and oxygen atoms in total. The van der Waals surface area contributed by atoms with Crippen LogP contribution in [0.2, 0.25) is 0 Å². The number of hydrogen-bond acceptors (Lipinski definition) is 5. The van der Waals surface area contributed by atoms with Crippen LogP contribution in [0, 0.1) is 0 Å². The molecule has 2 unspecified atom stereocenters. The van der Waals surface area contributed by atoms with Gasteiger partial charge in [0.05, 0.1) is 19.3 Å². The van der Waals surface area contributed by atoms with Crippen LogP contribution in [0.25, 0.3) is 0 Å². The summed E-state index contributed by atoms with van der Waals surface area (Å²) in [6.45, 7) is 3.14. The van der Waals surface area contributed by atoms with Crippen LogP contribution in [0.4, 0.5) is 5.82 Å². The maximum absolute atomic E-state index is 11.9. The lowest BCUT2D eigenvalue weighted by Gasteiger charge is -2.36. The first kappa shape index (κ1) is 13.8. The predicted octanol–water partition coefficient (Wildman–Crippen LogP) is 0.0861. The third-order valence-corrected chi connectivity index (χ3v) is 3.22. The highest BCUT2D eigenvalue weighted by Crippen LogP contribution is 2.26. The zero-order valence-electron chi connectivity index (χ0n) is 11.2. The summed E-state index contributed by atoms with van der Waals surface area (Å²) < 4.78 is 5.36. The number of pyridine rings is 1. The van der Waals surface area contributed by atoms with Gasteiger partial charge >= 0.3 is 0 Å². The number of amides is 1. The number of aliphatic hydroxyl groups excluding tert-OH is 1. The number of nitrogens with one attached hydrogen (secondary N) is 1. The average Bonchev–Trinajstić information content (AvgIpc) is 2.46. The summed E-state index contributed by atoms with van der Waals surface area (Å²) in [6, 6.07) is 3.19. The van der Waals surface area contributed by atoms with Crippen LogP contribution < -0.4 is 10.2 Å². The molecule has 0 spiro atoms. The molecule has 0 bridgehead atoms. The molecule has 0 saturated carbocycles. The van der Waals surface area contributed by atoms with Gasteiger partial charge in [-0.25, -0.2) is 4.98 Å². The fourth-order valence-corrected chi connectivity index (χ4v) is 2.22. The predicted molar refractivity (Wildman–Crippen MR) is 70.9 cm³/mol. The number of aromatic nitrogens is 1. The van der Waals surface area contributed by atoms with Crippen molar-refractivity contribution in [2.45, 2.75) is 19.1 Å². The smallest absolute Gasteiger partial charge is 0.244 e. The number of hydrogen-bond donors (Lipinski definition) is 2. The summed E-state index contributed by atoms with van der Waals surface area (Å²) in [7, 11) is 1.60. The number of carbonyl (C=O) groups is 1. The number of aliphatic hydroxyl groups is 1. The van der Waals surface area contributed by atoms with Crippen molar-refractivity contribution in [3.05, 3.63) is 23.9 Å². The summed E-state index contributed by atoms with van der Waals surface area (Å²) in [5.41, 5.74) is 0.721. The molecule has 1 fully saturated rings. The second-order valence-corrected chi connectivity index (χ2v) is 4.49. The van der Waals surface area contributed by atoms with Crippen molar-refractivity contribution in [3.8, 4) is 0 Å². The number of likely N-dealkylation sites (N-methyl/N-ethyl adjacent to an activating group) is 1. The van der Waals surface area contributed by atoms with Crippen molar-refractivity contribution in [3.63, 3.8) is 0 Å². The number of morpholine rings is 1. The zero-order valence-corrected chi connectivity index (χ0v) is 11.2. The van der Waals surface area contributed by atoms with Crippen LogP contribution in [-0.4, -0.2) is 48.8 Å². The molecule has 2 N–H and O–H groups in total. The molecule has 1 aliphatic heterocycles. The van der Waals surface area contributed by atoms with Gasteiger partial charge in [0.15, 0.2) is 0 Å². The topological polar surface area (TPSA) is 74.7 Å². The van der Waals surface area contributed by atoms with E-state index >= 15 is 0 Å². The summed E-state index contributed by atoms with van der Waals surface area (Å²) in [5.74, 6) is 0.538. The molecule has 104 valence electrons. The first-order valence-electron chi connectivity index (χ1n) is 6.34. The molecule has 1 aliphatic rings. The summed E-state index contributed by atoms with van der Waals surface area (Å²) >= 11 is 0. The van der Waals surface area contributed by atoms with E-state index < -0.39 is 12.1 Å². The highest BCUT2D eigenvalue weighted by atomic mass is 16.5. The minimum absolute atomic E-state index is 0.109. The molecule has 2 atom stereocenters. The van der Waals surface area contributed by atoms with E-state index in [9.17, 15) is 9.90 Å². The van der Waals surface area contributed by atoms with Gasteiger partial charge in [0.1, 0.15) is 11.9 Å². The Morgan fingerprint density at radius 2 is 2.47 bits per heavy atom. The quantitative estimate of drug-likeness (QED) is 0.810. The largest absolute Gasteiger partial charge is 0.389 e. The van der Waals surface area contributed by atoms with Crippen molar-refractivity contribution in [2.75, 3.05) is 31.7 Å². The van der Waals surface area contributed by atoms with Crippen molar-refractivity contribution in [1.82, 2.24) is 10.3 Å². The van der Waals surface area contributed by atoms with Crippen molar-refractivity contribution < 1.29 is 14.6 Å². The molecule has 2 heterocycles. The van der Waals surface area contributed by atoms with Gasteiger partial charge in [-0.15, -0.1) is 0 Å². The summed E-state index contributed by atoms with van der Waals surface area (Å²) in [6.07, 6.45) is 1.04. The molecule has 6 heteroatoms. The van der Waals surface area contributed by atoms with E-state index in [-0.39, 0.29) is 5.91 Å². The van der Waals surface area contributed by atoms with Gasteiger partial charge in [-0.05, 0) is 13.0 Å². The molecule has 1 aromatic heterocycles. The molecule has 0 radical (unpaired) electrons. The Hall–Kier alpha value is -1.66. The Morgan fingerprint density at radius 3 is 3.16 bits per heavy atom. The number of rotatable bonds is 3. The van der Waals surface area contributed by atoms with Crippen LogP contribution in [0.5, 0.6) is 0 Å². The van der Waals surface area contributed by atoms with Crippen molar-refractivity contribution >= 4 is 11.7 Å². The van der Waals surface area contributed by atoms with E-state index in [1.54, 1.807) is 26.2 Å². The molecule has 0 aromatic carbocycles. The van der Waals surface area contributed by atoms with Gasteiger partial charge in [0.25, 0.3) is 0 Å². The maximum atomic E-state index is 11.9. The van der Waals surface area contributed by atoms with Crippen LogP contribution >= 0.6 is 0 Å². The normalized spacial score (nSPS) is 21.0. The standard InChI is InChI=1S/C13H19N3O3/c1-9(17)10-4-3-5-15-12(10)16-6-7-19-8-11(16)13(18)14-2/h3-5,9,11,17H,6-8H2,1-2H3,(H,14,18). The SMILES string of the molecule is CNC(=O)C1COCCN1c1ncccc1C(C)O. The molecular formula is C13H19N3O3. The van der Waals surface area contributed by atoms with E-state index in [1.165, 1.54) is 0 Å². The highest BCUT2D eigenvalue weighted by molar-refractivity contribution is 5.85. The molecule has 2 rings (SSSR count). The monoisotopic (exact) mass is 265 g/mol. The Balaban J connectivity index is 2.35. The lowest BCUT2D eigenvalue weighted by atomic mass is 10.1. The molecular weight excluding hydrogens is 246 g/mol. The van der Waals surface area contributed by atoms with Gasteiger partial charge in [-0.3, -0.25) is 4.79 Å². The highest BCUT2D eigenvalue weighted by Gasteiger charge is 2.31. The molecule has 1 saturated heterocycles. The molecule has 1 amide bonds. The second-order valence-electron chi connectivity index (χ2n) is 4.49. The van der Waals surface area contributed by atoms with Crippen LogP contribution in [0.15, 0.2) is 18.3 Å². The Morgan fingerprint density at radius 1 is 1.68 bits per heavy atom. The average molecular weight is 265 g/mol. The fraction of sp³-hybridized carbons (Fsp3) is 0.538. The number of anilines is 1. The van der Waals surface area contributed by atoms with E-state index in [1.807, 2.05) is 11.0 Å². The van der Waals surface area contributed by atoms with E-state index in [0.29, 0.717) is 25.6 Å². The van der Waals surface area contributed by atoms with Gasteiger partial charge in [0.2, 0.25) is 5.91 Å². The van der Waals surface area contributed by atoms with Gasteiger partial charge in [-0.2, -0.15) is 0 Å². The Kier molecular flexibility index (Phi) is 4.34. The lowest BCUT2D eigenvalue weighted by molar-refractivity contribution is -0.124. The summed E-state index contributed by atoms with van der Waals surface area (Å²) in [4.78, 5) is 18.1. The number of nitrogens with zero attached hydrogens (tertiary/aromatic N) is 2. The minimum atomic E-state index is -0.628. The number of ether oxygens (including phenoxy) is 1. The second kappa shape index (κ2) is 5.99. The van der Waals surface area contributed by atoms with Crippen LogP contribution in [0.1, 0.15) is 18.6 Å².